The molecule has 3 aliphatic carbocycles. The molecule has 198 valence electrons. The van der Waals surface area contributed by atoms with Crippen LogP contribution >= 0.6 is 0 Å². The Hall–Kier alpha value is -3.63. The third kappa shape index (κ3) is 5.46. The Bertz CT molecular complexity index is 1370. The average Bonchev–Trinajstić information content (AvgIpc) is 3.84. The van der Waals surface area contributed by atoms with E-state index in [0.29, 0.717) is 12.1 Å². The number of aryl methyl sites for hydroxylation is 2. The normalized spacial score (nSPS) is 17.1. The number of nitrogens with one attached hydrogen (secondary N) is 1. The maximum absolute atomic E-state index is 12.6. The summed E-state index contributed by atoms with van der Waals surface area (Å²) in [5.74, 6) is 1.06. The van der Waals surface area contributed by atoms with E-state index in [4.69, 9.17) is 0 Å². The van der Waals surface area contributed by atoms with Crippen molar-refractivity contribution < 1.29 is 18.0 Å². The van der Waals surface area contributed by atoms with Gasteiger partial charge in [0.15, 0.2) is 5.69 Å². The Morgan fingerprint density at radius 2 is 1.87 bits per heavy atom. The molecular weight excluding hydrogens is 495 g/mol. The van der Waals surface area contributed by atoms with Gasteiger partial charge in [-0.05, 0) is 80.1 Å². The van der Waals surface area contributed by atoms with Crippen LogP contribution < -0.4 is 5.32 Å². The summed E-state index contributed by atoms with van der Waals surface area (Å²) >= 11 is 0. The van der Waals surface area contributed by atoms with Crippen LogP contribution in [0.5, 0.6) is 0 Å². The van der Waals surface area contributed by atoms with Crippen molar-refractivity contribution in [2.75, 3.05) is 0 Å². The molecule has 0 radical (unpaired) electrons. The van der Waals surface area contributed by atoms with Gasteiger partial charge in [0, 0.05) is 31.3 Å². The number of alkyl halides is 3. The van der Waals surface area contributed by atoms with Gasteiger partial charge in [-0.2, -0.15) is 23.4 Å². The number of nitrogens with zero attached hydrogens (tertiary/aromatic N) is 6. The highest BCUT2D eigenvalue weighted by atomic mass is 19.4. The van der Waals surface area contributed by atoms with E-state index in [0.717, 1.165) is 61.2 Å². The summed E-state index contributed by atoms with van der Waals surface area (Å²) < 4.78 is 39.5. The summed E-state index contributed by atoms with van der Waals surface area (Å²) in [5.41, 5.74) is 6.38. The Morgan fingerprint density at radius 1 is 1.05 bits per heavy atom. The number of unbranched alkanes of at least 4 members (excludes halogenated alkanes) is 1. The number of hydrogen-bond acceptors (Lipinski definition) is 6. The molecule has 3 aromatic rings. The number of amides is 1. The Labute approximate surface area is 217 Å². The van der Waals surface area contributed by atoms with E-state index in [2.05, 4.69) is 36.9 Å². The molecule has 0 aliphatic heterocycles. The number of carbonyl (C=O) groups excluding carboxylic acids is 1. The minimum atomic E-state index is -4.49. The SMILES string of the molecule is O=C(NCc1ccc(C(F)(F)F)nc1)c1cn(CCCCc2cc3c(nn2)CC(C2CC2)=C3C2CC2)nn1. The number of halogens is 3. The van der Waals surface area contributed by atoms with Crippen LogP contribution in [0.15, 0.2) is 36.2 Å². The van der Waals surface area contributed by atoms with E-state index in [-0.39, 0.29) is 12.2 Å². The molecule has 11 heteroatoms. The number of rotatable bonds is 10. The standard InChI is InChI=1S/C27H28F3N7O/c28-27(29,30)24-9-4-16(13-31-24)14-32-26(38)23-15-37(36-35-23)10-2-1-3-19-11-21-22(34-33-19)12-20(17-5-6-17)25(21)18-7-8-18/h4,9,11,13,15,17-18H,1-3,5-8,10,12,14H2,(H,32,38). The predicted molar refractivity (Wildman–Crippen MR) is 131 cm³/mol. The van der Waals surface area contributed by atoms with Gasteiger partial charge in [-0.15, -0.1) is 5.10 Å². The number of pyridine rings is 1. The van der Waals surface area contributed by atoms with E-state index in [1.165, 1.54) is 37.3 Å². The van der Waals surface area contributed by atoms with E-state index in [1.807, 2.05) is 0 Å². The topological polar surface area (TPSA) is 98.5 Å². The van der Waals surface area contributed by atoms with Gasteiger partial charge in [0.25, 0.3) is 5.91 Å². The molecular formula is C27H28F3N7O. The van der Waals surface area contributed by atoms with Crippen molar-refractivity contribution in [1.82, 2.24) is 35.5 Å². The highest BCUT2D eigenvalue weighted by Crippen LogP contribution is 2.53. The van der Waals surface area contributed by atoms with Crippen molar-refractivity contribution in [3.05, 3.63) is 70.1 Å². The first kappa shape index (κ1) is 24.7. The lowest BCUT2D eigenvalue weighted by atomic mass is 9.99. The Morgan fingerprint density at radius 3 is 2.58 bits per heavy atom. The molecule has 38 heavy (non-hydrogen) atoms. The molecule has 0 bridgehead atoms. The fraction of sp³-hybridized carbons (Fsp3) is 0.481. The first-order valence-electron chi connectivity index (χ1n) is 13.1. The molecule has 0 atom stereocenters. The van der Waals surface area contributed by atoms with Crippen LogP contribution in [0.1, 0.15) is 77.2 Å². The van der Waals surface area contributed by atoms with Crippen LogP contribution in [0.3, 0.4) is 0 Å². The average molecular weight is 524 g/mol. The molecule has 3 aliphatic rings. The summed E-state index contributed by atoms with van der Waals surface area (Å²) in [6.45, 7) is 0.652. The molecule has 0 aromatic carbocycles. The molecule has 2 saturated carbocycles. The quantitative estimate of drug-likeness (QED) is 0.391. The van der Waals surface area contributed by atoms with Crippen LogP contribution in [0.4, 0.5) is 13.2 Å². The second-order valence-electron chi connectivity index (χ2n) is 10.4. The van der Waals surface area contributed by atoms with E-state index >= 15 is 0 Å². The van der Waals surface area contributed by atoms with Gasteiger partial charge < -0.3 is 5.32 Å². The number of allylic oxidation sites excluding steroid dienone is 2. The summed E-state index contributed by atoms with van der Waals surface area (Å²) in [7, 11) is 0. The molecule has 0 saturated heterocycles. The van der Waals surface area contributed by atoms with Crippen LogP contribution in [0, 0.1) is 11.8 Å². The molecule has 2 fully saturated rings. The first-order chi connectivity index (χ1) is 18.3. The van der Waals surface area contributed by atoms with Crippen molar-refractivity contribution in [3.8, 4) is 0 Å². The molecule has 3 heterocycles. The maximum Gasteiger partial charge on any atom is 0.433 e. The number of carbonyl (C=O) groups is 1. The highest BCUT2D eigenvalue weighted by Gasteiger charge is 2.40. The molecule has 0 spiro atoms. The minimum absolute atomic E-state index is 0.0401. The largest absolute Gasteiger partial charge is 0.433 e. The van der Waals surface area contributed by atoms with Crippen molar-refractivity contribution in [3.63, 3.8) is 0 Å². The fourth-order valence-corrected chi connectivity index (χ4v) is 5.10. The summed E-state index contributed by atoms with van der Waals surface area (Å²) in [6.07, 6.45) is 6.99. The van der Waals surface area contributed by atoms with Gasteiger partial charge in [0.2, 0.25) is 0 Å². The second kappa shape index (κ2) is 9.92. The molecule has 3 aromatic heterocycles. The van der Waals surface area contributed by atoms with E-state index in [1.54, 1.807) is 22.0 Å². The molecule has 8 nitrogen and oxygen atoms in total. The Balaban J connectivity index is 0.972. The van der Waals surface area contributed by atoms with E-state index in [9.17, 15) is 18.0 Å². The van der Waals surface area contributed by atoms with Crippen LogP contribution in [-0.2, 0) is 32.1 Å². The predicted octanol–water partition coefficient (Wildman–Crippen LogP) is 4.56. The maximum atomic E-state index is 12.6. The zero-order valence-electron chi connectivity index (χ0n) is 20.8. The van der Waals surface area contributed by atoms with Gasteiger partial charge in [0.1, 0.15) is 5.69 Å². The van der Waals surface area contributed by atoms with Crippen molar-refractivity contribution in [1.29, 1.82) is 0 Å². The second-order valence-corrected chi connectivity index (χ2v) is 10.4. The number of aromatic nitrogens is 6. The highest BCUT2D eigenvalue weighted by molar-refractivity contribution is 5.91. The van der Waals surface area contributed by atoms with Gasteiger partial charge in [-0.25, -0.2) is 0 Å². The molecule has 0 unspecified atom stereocenters. The third-order valence-electron chi connectivity index (χ3n) is 7.38. The zero-order valence-corrected chi connectivity index (χ0v) is 20.8. The number of hydrogen-bond donors (Lipinski definition) is 1. The lowest BCUT2D eigenvalue weighted by Gasteiger charge is -2.07. The lowest BCUT2D eigenvalue weighted by Crippen LogP contribution is -2.23. The molecule has 1 N–H and O–H groups in total. The third-order valence-corrected chi connectivity index (χ3v) is 7.38. The van der Waals surface area contributed by atoms with Crippen LogP contribution in [0.2, 0.25) is 0 Å². The monoisotopic (exact) mass is 523 g/mol. The molecule has 6 rings (SSSR count). The van der Waals surface area contributed by atoms with Crippen LogP contribution in [0.25, 0.3) is 5.57 Å². The van der Waals surface area contributed by atoms with Crippen molar-refractivity contribution in [2.45, 2.75) is 70.6 Å². The number of fused-ring (bicyclic) bond motifs is 1. The fourth-order valence-electron chi connectivity index (χ4n) is 5.10. The van der Waals surface area contributed by atoms with Crippen molar-refractivity contribution >= 4 is 11.5 Å². The summed E-state index contributed by atoms with van der Waals surface area (Å²) in [6, 6.07) is 4.43. The van der Waals surface area contributed by atoms with Gasteiger partial charge in [-0.3, -0.25) is 14.5 Å². The Kier molecular flexibility index (Phi) is 6.45. The van der Waals surface area contributed by atoms with Crippen molar-refractivity contribution in [2.24, 2.45) is 11.8 Å². The van der Waals surface area contributed by atoms with E-state index < -0.39 is 17.8 Å². The van der Waals surface area contributed by atoms with Gasteiger partial charge in [-0.1, -0.05) is 16.9 Å². The summed E-state index contributed by atoms with van der Waals surface area (Å²) in [5, 5.41) is 19.6. The first-order valence-corrected chi connectivity index (χ1v) is 13.1. The zero-order chi connectivity index (χ0) is 26.3. The molecule has 1 amide bonds. The minimum Gasteiger partial charge on any atom is -0.346 e. The lowest BCUT2D eigenvalue weighted by molar-refractivity contribution is -0.141. The smallest absolute Gasteiger partial charge is 0.346 e. The summed E-state index contributed by atoms with van der Waals surface area (Å²) in [4.78, 5) is 15.8. The van der Waals surface area contributed by atoms with Crippen LogP contribution in [-0.4, -0.2) is 36.1 Å². The van der Waals surface area contributed by atoms with Gasteiger partial charge >= 0.3 is 6.18 Å². The van der Waals surface area contributed by atoms with Gasteiger partial charge in [0.05, 0.1) is 17.6 Å².